The standard InChI is InChI=1S/C10H11NO.C2H6/c1-3-9(11-2)8-6-4-5-7-10(8)12;1-2/h3-7,12H,2H2,1H3;1-2H3/b9-3-;. The largest absolute Gasteiger partial charge is 0.507 e. The Hall–Kier alpha value is -1.57. The molecule has 0 aliphatic rings. The predicted octanol–water partition coefficient (Wildman–Crippen LogP) is 3.48. The zero-order valence-electron chi connectivity index (χ0n) is 8.99. The van der Waals surface area contributed by atoms with Crippen LogP contribution >= 0.6 is 0 Å². The summed E-state index contributed by atoms with van der Waals surface area (Å²) in [5, 5.41) is 9.41. The number of aromatic hydroxyl groups is 1. The van der Waals surface area contributed by atoms with Crippen molar-refractivity contribution >= 4 is 12.4 Å². The highest BCUT2D eigenvalue weighted by atomic mass is 16.3. The Bertz CT molecular complexity index is 316. The summed E-state index contributed by atoms with van der Waals surface area (Å²) < 4.78 is 0. The zero-order valence-corrected chi connectivity index (χ0v) is 8.99. The third-order valence-electron chi connectivity index (χ3n) is 1.62. The normalized spacial score (nSPS) is 10.1. The molecule has 0 saturated heterocycles. The number of rotatable bonds is 2. The molecule has 0 amide bonds. The van der Waals surface area contributed by atoms with Gasteiger partial charge in [0.15, 0.2) is 0 Å². The molecular formula is C12H17NO. The van der Waals surface area contributed by atoms with Crippen molar-refractivity contribution in [2.24, 2.45) is 4.99 Å². The van der Waals surface area contributed by atoms with Crippen molar-refractivity contribution in [3.8, 4) is 5.75 Å². The number of aliphatic imine (C=N–C) groups is 1. The molecule has 0 fully saturated rings. The summed E-state index contributed by atoms with van der Waals surface area (Å²) in [5.74, 6) is 0.234. The molecule has 0 radical (unpaired) electrons. The first-order chi connectivity index (χ1) is 6.79. The average molecular weight is 191 g/mol. The maximum atomic E-state index is 9.41. The lowest BCUT2D eigenvalue weighted by Crippen LogP contribution is -1.80. The molecule has 0 heterocycles. The lowest BCUT2D eigenvalue weighted by atomic mass is 10.1. The van der Waals surface area contributed by atoms with Gasteiger partial charge in [0.2, 0.25) is 0 Å². The van der Waals surface area contributed by atoms with Crippen molar-refractivity contribution < 1.29 is 5.11 Å². The van der Waals surface area contributed by atoms with Crippen LogP contribution in [-0.4, -0.2) is 11.8 Å². The van der Waals surface area contributed by atoms with Crippen LogP contribution in [0.5, 0.6) is 5.75 Å². The minimum atomic E-state index is 0.234. The smallest absolute Gasteiger partial charge is 0.124 e. The van der Waals surface area contributed by atoms with Crippen molar-refractivity contribution in [2.75, 3.05) is 0 Å². The summed E-state index contributed by atoms with van der Waals surface area (Å²) in [4.78, 5) is 3.79. The molecule has 1 N–H and O–H groups in total. The fourth-order valence-corrected chi connectivity index (χ4v) is 1.02. The number of hydrogen-bond donors (Lipinski definition) is 1. The van der Waals surface area contributed by atoms with Gasteiger partial charge in [-0.05, 0) is 25.8 Å². The lowest BCUT2D eigenvalue weighted by molar-refractivity contribution is 0.473. The highest BCUT2D eigenvalue weighted by Gasteiger charge is 2.01. The van der Waals surface area contributed by atoms with Crippen molar-refractivity contribution in [3.05, 3.63) is 35.9 Å². The van der Waals surface area contributed by atoms with E-state index >= 15 is 0 Å². The third-order valence-corrected chi connectivity index (χ3v) is 1.62. The van der Waals surface area contributed by atoms with Crippen LogP contribution in [0.4, 0.5) is 0 Å². The average Bonchev–Trinajstić information content (AvgIpc) is 2.25. The maximum absolute atomic E-state index is 9.41. The van der Waals surface area contributed by atoms with Gasteiger partial charge in [0.25, 0.3) is 0 Å². The van der Waals surface area contributed by atoms with Crippen molar-refractivity contribution in [1.82, 2.24) is 0 Å². The molecule has 0 aliphatic heterocycles. The Balaban J connectivity index is 0.000000791. The first-order valence-corrected chi connectivity index (χ1v) is 4.71. The van der Waals surface area contributed by atoms with E-state index in [0.29, 0.717) is 5.70 Å². The topological polar surface area (TPSA) is 32.6 Å². The van der Waals surface area contributed by atoms with Crippen LogP contribution in [-0.2, 0) is 0 Å². The summed E-state index contributed by atoms with van der Waals surface area (Å²) in [5.41, 5.74) is 1.42. The van der Waals surface area contributed by atoms with Crippen LogP contribution in [0.1, 0.15) is 26.3 Å². The second-order valence-electron chi connectivity index (χ2n) is 2.35. The lowest BCUT2D eigenvalue weighted by Gasteiger charge is -2.02. The number of allylic oxidation sites excluding steroid dienone is 1. The van der Waals surface area contributed by atoms with Gasteiger partial charge in [0, 0.05) is 5.56 Å². The van der Waals surface area contributed by atoms with Crippen LogP contribution in [0, 0.1) is 0 Å². The Morgan fingerprint density at radius 2 is 1.93 bits per heavy atom. The molecule has 2 nitrogen and oxygen atoms in total. The molecule has 0 spiro atoms. The van der Waals surface area contributed by atoms with E-state index in [1.54, 1.807) is 18.2 Å². The van der Waals surface area contributed by atoms with E-state index < -0.39 is 0 Å². The first kappa shape index (κ1) is 12.4. The molecule has 0 bridgehead atoms. The third kappa shape index (κ3) is 3.05. The highest BCUT2D eigenvalue weighted by molar-refractivity contribution is 5.71. The van der Waals surface area contributed by atoms with Gasteiger partial charge in [-0.3, -0.25) is 4.99 Å². The van der Waals surface area contributed by atoms with Crippen LogP contribution in [0.3, 0.4) is 0 Å². The maximum Gasteiger partial charge on any atom is 0.124 e. The first-order valence-electron chi connectivity index (χ1n) is 4.71. The van der Waals surface area contributed by atoms with Gasteiger partial charge >= 0.3 is 0 Å². The molecule has 1 rings (SSSR count). The summed E-state index contributed by atoms with van der Waals surface area (Å²) in [6, 6.07) is 7.06. The van der Waals surface area contributed by atoms with Crippen LogP contribution in [0.25, 0.3) is 5.70 Å². The van der Waals surface area contributed by atoms with E-state index in [0.717, 1.165) is 5.56 Å². The SMILES string of the molecule is C=N/C(=C\C)c1ccccc1O.CC. The van der Waals surface area contributed by atoms with Crippen LogP contribution in [0.15, 0.2) is 35.3 Å². The monoisotopic (exact) mass is 191 g/mol. The molecule has 1 aromatic rings. The highest BCUT2D eigenvalue weighted by Crippen LogP contribution is 2.24. The van der Waals surface area contributed by atoms with Crippen molar-refractivity contribution in [3.63, 3.8) is 0 Å². The number of phenolic OH excluding ortho intramolecular Hbond substituents is 1. The fraction of sp³-hybridized carbons (Fsp3) is 0.250. The van der Waals surface area contributed by atoms with E-state index in [9.17, 15) is 5.11 Å². The minimum absolute atomic E-state index is 0.234. The predicted molar refractivity (Wildman–Crippen MR) is 62.7 cm³/mol. The van der Waals surface area contributed by atoms with Gasteiger partial charge < -0.3 is 5.11 Å². The van der Waals surface area contributed by atoms with E-state index in [2.05, 4.69) is 11.7 Å². The molecule has 76 valence electrons. The second kappa shape index (κ2) is 6.89. The quantitative estimate of drug-likeness (QED) is 0.713. The van der Waals surface area contributed by atoms with Crippen molar-refractivity contribution in [1.29, 1.82) is 0 Å². The number of benzene rings is 1. The molecule has 1 aromatic carbocycles. The van der Waals surface area contributed by atoms with E-state index in [1.807, 2.05) is 32.9 Å². The molecule has 2 heteroatoms. The van der Waals surface area contributed by atoms with Gasteiger partial charge in [0.1, 0.15) is 5.75 Å². The second-order valence-corrected chi connectivity index (χ2v) is 2.35. The molecule has 0 atom stereocenters. The summed E-state index contributed by atoms with van der Waals surface area (Å²) in [7, 11) is 0. The molecule has 0 unspecified atom stereocenters. The van der Waals surface area contributed by atoms with Gasteiger partial charge in [-0.15, -0.1) is 0 Å². The zero-order chi connectivity index (χ0) is 11.0. The summed E-state index contributed by atoms with van der Waals surface area (Å²) in [6.45, 7) is 9.28. The van der Waals surface area contributed by atoms with E-state index in [4.69, 9.17) is 0 Å². The number of hydrogen-bond acceptors (Lipinski definition) is 2. The van der Waals surface area contributed by atoms with Crippen LogP contribution in [0.2, 0.25) is 0 Å². The molecule has 14 heavy (non-hydrogen) atoms. The van der Waals surface area contributed by atoms with E-state index in [1.165, 1.54) is 0 Å². The number of phenols is 1. The van der Waals surface area contributed by atoms with Gasteiger partial charge in [-0.25, -0.2) is 0 Å². The minimum Gasteiger partial charge on any atom is -0.507 e. The fourth-order valence-electron chi connectivity index (χ4n) is 1.02. The van der Waals surface area contributed by atoms with Gasteiger partial charge in [-0.1, -0.05) is 32.1 Å². The number of para-hydroxylation sites is 1. The molecular weight excluding hydrogens is 174 g/mol. The van der Waals surface area contributed by atoms with Gasteiger partial charge in [-0.2, -0.15) is 0 Å². The molecule has 0 saturated carbocycles. The van der Waals surface area contributed by atoms with Crippen molar-refractivity contribution in [2.45, 2.75) is 20.8 Å². The summed E-state index contributed by atoms with van der Waals surface area (Å²) >= 11 is 0. The molecule has 0 aromatic heterocycles. The Kier molecular flexibility index (Phi) is 6.12. The molecule has 0 aliphatic carbocycles. The van der Waals surface area contributed by atoms with Gasteiger partial charge in [0.05, 0.1) is 5.70 Å². The Morgan fingerprint density at radius 3 is 2.36 bits per heavy atom. The van der Waals surface area contributed by atoms with E-state index in [-0.39, 0.29) is 5.75 Å². The Labute approximate surface area is 85.6 Å². The Morgan fingerprint density at radius 1 is 1.36 bits per heavy atom. The number of nitrogens with zero attached hydrogens (tertiary/aromatic N) is 1. The summed E-state index contributed by atoms with van der Waals surface area (Å²) in [6.07, 6.45) is 1.81. The van der Waals surface area contributed by atoms with Crippen LogP contribution < -0.4 is 0 Å².